The van der Waals surface area contributed by atoms with Crippen LogP contribution in [0.15, 0.2) is 36.5 Å². The van der Waals surface area contributed by atoms with E-state index in [1.165, 1.54) is 45.7 Å². The fourth-order valence-corrected chi connectivity index (χ4v) is 2.86. The predicted octanol–water partition coefficient (Wildman–Crippen LogP) is 2.69. The Hall–Kier alpha value is -4.28. The Bertz CT molecular complexity index is 1170. The molecule has 0 bridgehead atoms. The molecule has 2 amide bonds. The van der Waals surface area contributed by atoms with Gasteiger partial charge in [0.15, 0.2) is 0 Å². The second-order valence-corrected chi connectivity index (χ2v) is 6.43. The molecule has 2 heterocycles. The molecule has 11 heteroatoms. The minimum atomic E-state index is -0.790. The molecule has 2 aromatic heterocycles. The van der Waals surface area contributed by atoms with Crippen LogP contribution in [0.4, 0.5) is 21.7 Å². The molecule has 0 fully saturated rings. The first-order valence-corrected chi connectivity index (χ1v) is 9.39. The summed E-state index contributed by atoms with van der Waals surface area (Å²) in [6, 6.07) is 7.01. The minimum absolute atomic E-state index is 0.0555. The molecule has 0 spiro atoms. The summed E-state index contributed by atoms with van der Waals surface area (Å²) in [6.07, 6.45) is 1.28. The smallest absolute Gasteiger partial charge is 0.262 e. The van der Waals surface area contributed by atoms with Crippen molar-refractivity contribution in [1.29, 1.82) is 0 Å². The highest BCUT2D eigenvalue weighted by Crippen LogP contribution is 2.26. The third-order valence-corrected chi connectivity index (χ3v) is 4.33. The van der Waals surface area contributed by atoms with E-state index < -0.39 is 17.6 Å². The molecule has 0 aliphatic heterocycles. The molecule has 0 unspecified atom stereocenters. The van der Waals surface area contributed by atoms with E-state index in [1.54, 1.807) is 13.0 Å². The Balaban J connectivity index is 1.98. The van der Waals surface area contributed by atoms with Gasteiger partial charge in [-0.2, -0.15) is 4.98 Å². The largest absolute Gasteiger partial charge is 0.496 e. The number of methoxy groups -OCH3 is 2. The second kappa shape index (κ2) is 9.69. The molecule has 166 valence electrons. The number of hydrogen-bond acceptors (Lipinski definition) is 8. The molecular weight excluding hydrogens is 419 g/mol. The molecule has 0 saturated carbocycles. The van der Waals surface area contributed by atoms with Gasteiger partial charge < -0.3 is 25.4 Å². The van der Waals surface area contributed by atoms with Crippen molar-refractivity contribution < 1.29 is 23.5 Å². The quantitative estimate of drug-likeness (QED) is 0.512. The molecule has 0 saturated heterocycles. The fourth-order valence-electron chi connectivity index (χ4n) is 2.86. The Morgan fingerprint density at radius 1 is 1.03 bits per heavy atom. The highest BCUT2D eigenvalue weighted by molar-refractivity contribution is 6.10. The fraction of sp³-hybridized carbons (Fsp3) is 0.190. The van der Waals surface area contributed by atoms with Gasteiger partial charge in [-0.25, -0.2) is 14.4 Å². The van der Waals surface area contributed by atoms with E-state index in [-0.39, 0.29) is 28.4 Å². The molecule has 0 radical (unpaired) electrons. The van der Waals surface area contributed by atoms with Crippen LogP contribution in [0.2, 0.25) is 0 Å². The van der Waals surface area contributed by atoms with Gasteiger partial charge in [0.25, 0.3) is 11.8 Å². The highest BCUT2D eigenvalue weighted by Gasteiger charge is 2.21. The highest BCUT2D eigenvalue weighted by atomic mass is 19.1. The molecular formula is C21H21FN6O4. The maximum absolute atomic E-state index is 14.3. The lowest BCUT2D eigenvalue weighted by Crippen LogP contribution is -2.22. The maximum atomic E-state index is 14.3. The van der Waals surface area contributed by atoms with Crippen LogP contribution in [-0.4, -0.2) is 48.0 Å². The van der Waals surface area contributed by atoms with Gasteiger partial charge in [0.1, 0.15) is 34.6 Å². The van der Waals surface area contributed by atoms with Crippen LogP contribution in [0, 0.1) is 12.7 Å². The van der Waals surface area contributed by atoms with Crippen molar-refractivity contribution in [2.24, 2.45) is 0 Å². The zero-order valence-electron chi connectivity index (χ0n) is 17.8. The Labute approximate surface area is 183 Å². The van der Waals surface area contributed by atoms with E-state index in [9.17, 15) is 14.0 Å². The number of rotatable bonds is 7. The van der Waals surface area contributed by atoms with Gasteiger partial charge in [-0.15, -0.1) is 0 Å². The van der Waals surface area contributed by atoms with Gasteiger partial charge in [0.2, 0.25) is 5.88 Å². The average molecular weight is 440 g/mol. The van der Waals surface area contributed by atoms with Crippen molar-refractivity contribution in [3.63, 3.8) is 0 Å². The summed E-state index contributed by atoms with van der Waals surface area (Å²) in [5.74, 6) is -0.507. The molecule has 3 N–H and O–H groups in total. The lowest BCUT2D eigenvalue weighted by atomic mass is 10.1. The third-order valence-electron chi connectivity index (χ3n) is 4.33. The summed E-state index contributed by atoms with van der Waals surface area (Å²) in [6.45, 7) is 1.70. The molecule has 32 heavy (non-hydrogen) atoms. The lowest BCUT2D eigenvalue weighted by Gasteiger charge is -2.14. The molecule has 3 aromatic rings. The van der Waals surface area contributed by atoms with Gasteiger partial charge in [-0.05, 0) is 19.1 Å². The number of anilines is 3. The topological polar surface area (TPSA) is 127 Å². The van der Waals surface area contributed by atoms with E-state index in [0.717, 1.165) is 6.07 Å². The molecule has 0 atom stereocenters. The predicted molar refractivity (Wildman–Crippen MR) is 115 cm³/mol. The summed E-state index contributed by atoms with van der Waals surface area (Å²) in [7, 11) is 4.25. The van der Waals surface area contributed by atoms with Crippen molar-refractivity contribution in [3.8, 4) is 11.6 Å². The van der Waals surface area contributed by atoms with Gasteiger partial charge >= 0.3 is 0 Å². The first-order valence-electron chi connectivity index (χ1n) is 9.39. The third kappa shape index (κ3) is 4.89. The zero-order chi connectivity index (χ0) is 23.3. The number of amides is 2. The summed E-state index contributed by atoms with van der Waals surface area (Å²) < 4.78 is 24.5. The van der Waals surface area contributed by atoms with Gasteiger partial charge in [-0.1, -0.05) is 6.07 Å². The molecule has 0 aliphatic carbocycles. The number of halogens is 1. The number of aryl methyl sites for hydroxylation is 1. The Morgan fingerprint density at radius 3 is 2.50 bits per heavy atom. The van der Waals surface area contributed by atoms with Gasteiger partial charge in [0, 0.05) is 25.4 Å². The van der Waals surface area contributed by atoms with E-state index in [2.05, 4.69) is 30.9 Å². The van der Waals surface area contributed by atoms with Crippen LogP contribution in [0.1, 0.15) is 26.5 Å². The first-order chi connectivity index (χ1) is 15.4. The number of hydrogen-bond donors (Lipinski definition) is 3. The van der Waals surface area contributed by atoms with Crippen molar-refractivity contribution in [2.45, 2.75) is 6.92 Å². The second-order valence-electron chi connectivity index (χ2n) is 6.43. The summed E-state index contributed by atoms with van der Waals surface area (Å²) in [5, 5.41) is 8.00. The first kappa shape index (κ1) is 22.4. The Kier molecular flexibility index (Phi) is 6.78. The molecule has 0 aliphatic rings. The van der Waals surface area contributed by atoms with Crippen LogP contribution in [0.3, 0.4) is 0 Å². The number of nitrogens with one attached hydrogen (secondary N) is 3. The summed E-state index contributed by atoms with van der Waals surface area (Å²) in [4.78, 5) is 37.7. The lowest BCUT2D eigenvalue weighted by molar-refractivity contribution is 0.0963. The van der Waals surface area contributed by atoms with Crippen LogP contribution >= 0.6 is 0 Å². The van der Waals surface area contributed by atoms with Crippen molar-refractivity contribution in [2.75, 3.05) is 31.9 Å². The molecule has 1 aromatic carbocycles. The number of carbonyl (C=O) groups is 2. The average Bonchev–Trinajstić information content (AvgIpc) is 2.77. The molecule has 3 rings (SSSR count). The van der Waals surface area contributed by atoms with E-state index in [0.29, 0.717) is 17.5 Å². The van der Waals surface area contributed by atoms with Crippen LogP contribution in [0.25, 0.3) is 0 Å². The number of carbonyl (C=O) groups excluding carboxylic acids is 2. The SMILES string of the molecule is CNC(=O)c1cnc(Nc2cc(OC)nc(C)n2)cc1NC(=O)c1c(F)cccc1OC. The monoisotopic (exact) mass is 440 g/mol. The van der Waals surface area contributed by atoms with Crippen molar-refractivity contribution in [3.05, 3.63) is 59.3 Å². The standard InChI is InChI=1S/C21H21FN6O4/c1-11-25-17(9-18(26-11)32-4)28-16-8-14(12(10-24-16)20(29)23-2)27-21(30)19-13(22)6-5-7-15(19)31-3/h5-10H,1-4H3,(H,23,29)(H2,24,25,26,27,28,30). The maximum Gasteiger partial charge on any atom is 0.262 e. The summed E-state index contributed by atoms with van der Waals surface area (Å²) >= 11 is 0. The van der Waals surface area contributed by atoms with E-state index >= 15 is 0 Å². The van der Waals surface area contributed by atoms with Gasteiger partial charge in [-0.3, -0.25) is 9.59 Å². The summed E-state index contributed by atoms with van der Waals surface area (Å²) in [5.41, 5.74) is -0.103. The Morgan fingerprint density at radius 2 is 1.81 bits per heavy atom. The number of aromatic nitrogens is 3. The van der Waals surface area contributed by atoms with Crippen molar-refractivity contribution >= 4 is 29.1 Å². The number of pyridine rings is 1. The van der Waals surface area contributed by atoms with Crippen molar-refractivity contribution in [1.82, 2.24) is 20.3 Å². The zero-order valence-corrected chi connectivity index (χ0v) is 17.8. The number of benzene rings is 1. The minimum Gasteiger partial charge on any atom is -0.496 e. The van der Waals surface area contributed by atoms with E-state index in [1.807, 2.05) is 0 Å². The number of nitrogens with zero attached hydrogens (tertiary/aromatic N) is 3. The van der Waals surface area contributed by atoms with Crippen LogP contribution in [0.5, 0.6) is 11.6 Å². The van der Waals surface area contributed by atoms with Crippen LogP contribution < -0.4 is 25.4 Å². The normalized spacial score (nSPS) is 10.3. The number of ether oxygens (including phenoxy) is 2. The van der Waals surface area contributed by atoms with E-state index in [4.69, 9.17) is 9.47 Å². The van der Waals surface area contributed by atoms with Gasteiger partial charge in [0.05, 0.1) is 25.5 Å². The van der Waals surface area contributed by atoms with Crippen LogP contribution in [-0.2, 0) is 0 Å². The molecule has 10 nitrogen and oxygen atoms in total.